The molecule has 1 aromatic heterocycles. The first kappa shape index (κ1) is 29.9. The standard InChI is InChI=1S/C24H27N7O8S2/c1-24(2,3)22(36)39-11-38-21(35)17-13(10-41-23-26-28-29-30(23)4)9-40-20-16(19(34)31(17)20)25-18(33)15(27-37)12-6-5-7-14(32)8-12/h5-8,16,20,32,37H,9-11H2,1-4H3,(H,25,33)/t16?,20-/m0/s1. The Morgan fingerprint density at radius 1 is 1.27 bits per heavy atom. The summed E-state index contributed by atoms with van der Waals surface area (Å²) in [6.07, 6.45) is 0. The van der Waals surface area contributed by atoms with E-state index in [1.54, 1.807) is 27.8 Å². The van der Waals surface area contributed by atoms with Gasteiger partial charge >= 0.3 is 11.9 Å². The number of benzene rings is 1. The van der Waals surface area contributed by atoms with E-state index in [-0.39, 0.29) is 22.8 Å². The van der Waals surface area contributed by atoms with Gasteiger partial charge in [-0.2, -0.15) is 0 Å². The molecule has 0 spiro atoms. The lowest BCUT2D eigenvalue weighted by Gasteiger charge is -2.49. The van der Waals surface area contributed by atoms with Crippen molar-refractivity contribution in [2.75, 3.05) is 18.3 Å². The van der Waals surface area contributed by atoms with Crippen LogP contribution in [0.1, 0.15) is 26.3 Å². The summed E-state index contributed by atoms with van der Waals surface area (Å²) >= 11 is 2.56. The lowest BCUT2D eigenvalue weighted by molar-refractivity contribution is -0.173. The first-order chi connectivity index (χ1) is 19.4. The highest BCUT2D eigenvalue weighted by Crippen LogP contribution is 2.42. The van der Waals surface area contributed by atoms with E-state index in [0.717, 1.165) is 0 Å². The minimum absolute atomic E-state index is 0.0253. The fraction of sp³-hybridized carbons (Fsp3) is 0.417. The maximum Gasteiger partial charge on any atom is 0.357 e. The SMILES string of the molecule is Cn1nnnc1SCC1=C(C(=O)OCOC(=O)C(C)(C)C)N2C(=O)C(NC(=O)C(=NO)c3cccc(O)c3)[C@@H]2SC1. The van der Waals surface area contributed by atoms with Gasteiger partial charge in [0.15, 0.2) is 5.71 Å². The molecular formula is C24H27N7O8S2. The van der Waals surface area contributed by atoms with E-state index in [9.17, 15) is 29.5 Å². The van der Waals surface area contributed by atoms with Crippen molar-refractivity contribution in [3.05, 3.63) is 41.1 Å². The molecule has 218 valence electrons. The highest BCUT2D eigenvalue weighted by molar-refractivity contribution is 8.01. The number of β-lactam (4-membered cyclic amide) rings is 1. The molecule has 0 saturated carbocycles. The molecule has 1 saturated heterocycles. The Morgan fingerprint density at radius 3 is 2.66 bits per heavy atom. The molecule has 2 aromatic rings. The maximum atomic E-state index is 13.3. The topological polar surface area (TPSA) is 198 Å². The van der Waals surface area contributed by atoms with Crippen LogP contribution in [0.3, 0.4) is 0 Å². The monoisotopic (exact) mass is 605 g/mol. The number of aromatic nitrogens is 4. The summed E-state index contributed by atoms with van der Waals surface area (Å²) in [7, 11) is 1.66. The van der Waals surface area contributed by atoms with Crippen molar-refractivity contribution < 1.29 is 39.0 Å². The molecule has 3 heterocycles. The predicted molar refractivity (Wildman–Crippen MR) is 145 cm³/mol. The second kappa shape index (κ2) is 12.2. The predicted octanol–water partition coefficient (Wildman–Crippen LogP) is 0.630. The van der Waals surface area contributed by atoms with Gasteiger partial charge in [0.05, 0.1) is 5.41 Å². The van der Waals surface area contributed by atoms with Crippen molar-refractivity contribution >= 4 is 53.0 Å². The zero-order valence-corrected chi connectivity index (χ0v) is 24.1. The van der Waals surface area contributed by atoms with Gasteiger partial charge in [0.2, 0.25) is 11.9 Å². The van der Waals surface area contributed by atoms with E-state index < -0.39 is 53.1 Å². The van der Waals surface area contributed by atoms with Crippen molar-refractivity contribution in [1.29, 1.82) is 0 Å². The highest BCUT2D eigenvalue weighted by atomic mass is 32.2. The number of phenols is 1. The Hall–Kier alpha value is -4.12. The van der Waals surface area contributed by atoms with E-state index in [1.165, 1.54) is 57.4 Å². The third kappa shape index (κ3) is 6.45. The summed E-state index contributed by atoms with van der Waals surface area (Å²) in [5, 5.41) is 35.8. The summed E-state index contributed by atoms with van der Waals surface area (Å²) in [6, 6.07) is 4.50. The molecule has 4 rings (SSSR count). The Labute approximate surface area is 242 Å². The van der Waals surface area contributed by atoms with Crippen LogP contribution in [0.15, 0.2) is 45.8 Å². The molecule has 1 aromatic carbocycles. The van der Waals surface area contributed by atoms with Gasteiger partial charge < -0.3 is 25.1 Å². The Balaban J connectivity index is 1.51. The number of aromatic hydroxyl groups is 1. The van der Waals surface area contributed by atoms with Gasteiger partial charge in [-0.1, -0.05) is 29.1 Å². The quantitative estimate of drug-likeness (QED) is 0.0685. The fourth-order valence-electron chi connectivity index (χ4n) is 3.80. The molecule has 1 fully saturated rings. The van der Waals surface area contributed by atoms with Crippen molar-refractivity contribution in [2.24, 2.45) is 17.6 Å². The molecule has 1 unspecified atom stereocenters. The molecule has 0 bridgehead atoms. The van der Waals surface area contributed by atoms with Crippen LogP contribution >= 0.6 is 23.5 Å². The number of aryl methyl sites for hydroxylation is 1. The lowest BCUT2D eigenvalue weighted by Crippen LogP contribution is -2.71. The van der Waals surface area contributed by atoms with Crippen LogP contribution in [0.2, 0.25) is 0 Å². The molecule has 2 aliphatic rings. The van der Waals surface area contributed by atoms with E-state index in [2.05, 4.69) is 26.0 Å². The highest BCUT2D eigenvalue weighted by Gasteiger charge is 2.54. The molecule has 0 aliphatic carbocycles. The Kier molecular flexibility index (Phi) is 8.86. The minimum atomic E-state index is -1.04. The second-order valence-electron chi connectivity index (χ2n) is 9.92. The first-order valence-corrected chi connectivity index (χ1v) is 14.1. The molecule has 2 amide bonds. The first-order valence-electron chi connectivity index (χ1n) is 12.1. The minimum Gasteiger partial charge on any atom is -0.508 e. The number of carbonyl (C=O) groups excluding carboxylic acids is 4. The summed E-state index contributed by atoms with van der Waals surface area (Å²) in [5.41, 5.74) is -0.544. The van der Waals surface area contributed by atoms with E-state index in [1.807, 2.05) is 0 Å². The number of amides is 2. The van der Waals surface area contributed by atoms with E-state index in [4.69, 9.17) is 9.47 Å². The number of ether oxygens (including phenoxy) is 2. The van der Waals surface area contributed by atoms with Crippen LogP contribution in [0.25, 0.3) is 0 Å². The number of oxime groups is 1. The number of nitrogens with one attached hydrogen (secondary N) is 1. The number of nitrogens with zero attached hydrogens (tertiary/aromatic N) is 6. The number of fused-ring (bicyclic) bond motifs is 1. The Morgan fingerprint density at radius 2 is 2.02 bits per heavy atom. The van der Waals surface area contributed by atoms with Crippen molar-refractivity contribution in [2.45, 2.75) is 37.3 Å². The normalized spacial score (nSPS) is 18.9. The maximum absolute atomic E-state index is 13.3. The van der Waals surface area contributed by atoms with Crippen molar-refractivity contribution in [3.8, 4) is 5.75 Å². The van der Waals surface area contributed by atoms with Gasteiger partial charge in [0, 0.05) is 24.1 Å². The summed E-state index contributed by atoms with van der Waals surface area (Å²) in [5.74, 6) is -2.48. The summed E-state index contributed by atoms with van der Waals surface area (Å²) in [4.78, 5) is 52.7. The molecule has 41 heavy (non-hydrogen) atoms. The summed E-state index contributed by atoms with van der Waals surface area (Å²) < 4.78 is 11.7. The number of thioether (sulfide) groups is 2. The fourth-order valence-corrected chi connectivity index (χ4v) is 6.13. The number of tetrazole rings is 1. The number of phenolic OH excluding ortho intramolecular Hbond substituents is 1. The third-order valence-corrected chi connectivity index (χ3v) is 8.35. The van der Waals surface area contributed by atoms with Crippen LogP contribution in [0.4, 0.5) is 0 Å². The average Bonchev–Trinajstić information content (AvgIpc) is 3.34. The summed E-state index contributed by atoms with van der Waals surface area (Å²) in [6.45, 7) is 4.31. The van der Waals surface area contributed by atoms with Gasteiger partial charge in [-0.05, 0) is 48.9 Å². The van der Waals surface area contributed by atoms with Crippen LogP contribution in [-0.2, 0) is 35.7 Å². The Bertz CT molecular complexity index is 1430. The van der Waals surface area contributed by atoms with E-state index >= 15 is 0 Å². The molecule has 15 nitrogen and oxygen atoms in total. The zero-order chi connectivity index (χ0) is 29.9. The van der Waals surface area contributed by atoms with Crippen LogP contribution < -0.4 is 5.32 Å². The molecule has 17 heteroatoms. The molecule has 3 N–H and O–H groups in total. The number of hydrogen-bond acceptors (Lipinski definition) is 14. The van der Waals surface area contributed by atoms with Gasteiger partial charge in [-0.25, -0.2) is 9.48 Å². The van der Waals surface area contributed by atoms with Crippen molar-refractivity contribution in [3.63, 3.8) is 0 Å². The number of carbonyl (C=O) groups is 4. The third-order valence-electron chi connectivity index (χ3n) is 5.91. The largest absolute Gasteiger partial charge is 0.508 e. The van der Waals surface area contributed by atoms with Crippen LogP contribution in [0.5, 0.6) is 5.75 Å². The smallest absolute Gasteiger partial charge is 0.357 e. The van der Waals surface area contributed by atoms with Gasteiger partial charge in [-0.3, -0.25) is 19.3 Å². The molecule has 0 radical (unpaired) electrons. The van der Waals surface area contributed by atoms with Crippen LogP contribution in [-0.4, -0.2) is 94.6 Å². The second-order valence-corrected chi connectivity index (χ2v) is 12.0. The van der Waals surface area contributed by atoms with Crippen LogP contribution in [0, 0.1) is 5.41 Å². The number of esters is 2. The van der Waals surface area contributed by atoms with Gasteiger partial charge in [0.25, 0.3) is 11.8 Å². The number of rotatable bonds is 9. The number of hydrogen-bond donors (Lipinski definition) is 3. The molecule has 2 aliphatic heterocycles. The molecule has 2 atom stereocenters. The van der Waals surface area contributed by atoms with E-state index in [0.29, 0.717) is 16.5 Å². The van der Waals surface area contributed by atoms with Gasteiger partial charge in [-0.15, -0.1) is 16.9 Å². The van der Waals surface area contributed by atoms with Gasteiger partial charge in [0.1, 0.15) is 22.9 Å². The lowest BCUT2D eigenvalue weighted by atomic mass is 9.98. The zero-order valence-electron chi connectivity index (χ0n) is 22.4. The molecular weight excluding hydrogens is 578 g/mol. The average molecular weight is 606 g/mol. The van der Waals surface area contributed by atoms with Crippen molar-refractivity contribution in [1.82, 2.24) is 30.4 Å².